The Labute approximate surface area is 112 Å². The molecule has 2 aromatic heterocycles. The molecule has 0 spiro atoms. The van der Waals surface area contributed by atoms with Crippen molar-refractivity contribution in [3.63, 3.8) is 0 Å². The van der Waals surface area contributed by atoms with E-state index in [-0.39, 0.29) is 5.56 Å². The molecule has 1 saturated carbocycles. The van der Waals surface area contributed by atoms with E-state index in [2.05, 4.69) is 5.10 Å². The van der Waals surface area contributed by atoms with E-state index in [1.807, 2.05) is 17.0 Å². The first-order valence-corrected chi connectivity index (χ1v) is 7.42. The van der Waals surface area contributed by atoms with Crippen molar-refractivity contribution in [3.05, 3.63) is 34.0 Å². The van der Waals surface area contributed by atoms with Crippen molar-refractivity contribution >= 4 is 5.52 Å². The summed E-state index contributed by atoms with van der Waals surface area (Å²) < 4.78 is 3.70. The molecule has 19 heavy (non-hydrogen) atoms. The van der Waals surface area contributed by atoms with Gasteiger partial charge in [0.2, 0.25) is 0 Å². The lowest BCUT2D eigenvalue weighted by Crippen LogP contribution is -2.28. The molecular formula is C15H19N3O. The number of rotatable bonds is 2. The summed E-state index contributed by atoms with van der Waals surface area (Å²) in [5, 5.41) is 4.57. The topological polar surface area (TPSA) is 39.3 Å². The fourth-order valence-electron chi connectivity index (χ4n) is 3.35. The number of hydrogen-bond acceptors (Lipinski definition) is 2. The molecule has 100 valence electrons. The van der Waals surface area contributed by atoms with Crippen molar-refractivity contribution in [1.29, 1.82) is 0 Å². The van der Waals surface area contributed by atoms with Crippen molar-refractivity contribution in [2.45, 2.75) is 51.5 Å². The Morgan fingerprint density at radius 1 is 1.16 bits per heavy atom. The number of aryl methyl sites for hydroxylation is 2. The fourth-order valence-corrected chi connectivity index (χ4v) is 3.35. The third-order valence-electron chi connectivity index (χ3n) is 4.71. The highest BCUT2D eigenvalue weighted by atomic mass is 16.1. The maximum absolute atomic E-state index is 12.6. The average Bonchev–Trinajstić information content (AvgIpc) is 2.75. The molecule has 0 radical (unpaired) electrons. The Kier molecular flexibility index (Phi) is 2.50. The second-order valence-electron chi connectivity index (χ2n) is 5.98. The number of hydrogen-bond donors (Lipinski definition) is 0. The maximum Gasteiger partial charge on any atom is 0.276 e. The summed E-state index contributed by atoms with van der Waals surface area (Å²) in [5.74, 6) is 0.707. The monoisotopic (exact) mass is 257 g/mol. The average molecular weight is 257 g/mol. The molecule has 4 heteroatoms. The van der Waals surface area contributed by atoms with Gasteiger partial charge >= 0.3 is 0 Å². The minimum absolute atomic E-state index is 0.157. The van der Waals surface area contributed by atoms with Gasteiger partial charge in [-0.1, -0.05) is 6.42 Å². The van der Waals surface area contributed by atoms with Gasteiger partial charge in [-0.3, -0.25) is 4.79 Å². The van der Waals surface area contributed by atoms with Crippen LogP contribution in [-0.4, -0.2) is 14.2 Å². The first-order valence-electron chi connectivity index (χ1n) is 7.42. The van der Waals surface area contributed by atoms with E-state index >= 15 is 0 Å². The van der Waals surface area contributed by atoms with E-state index in [4.69, 9.17) is 0 Å². The fraction of sp³-hybridized carbons (Fsp3) is 0.600. The lowest BCUT2D eigenvalue weighted by Gasteiger charge is -2.25. The zero-order valence-corrected chi connectivity index (χ0v) is 11.1. The van der Waals surface area contributed by atoms with Crippen molar-refractivity contribution in [3.8, 4) is 0 Å². The minimum atomic E-state index is 0.157. The summed E-state index contributed by atoms with van der Waals surface area (Å²) >= 11 is 0. The van der Waals surface area contributed by atoms with E-state index in [9.17, 15) is 4.79 Å². The van der Waals surface area contributed by atoms with Crippen LogP contribution >= 0.6 is 0 Å². The molecule has 2 heterocycles. The van der Waals surface area contributed by atoms with Gasteiger partial charge in [0.1, 0.15) is 5.52 Å². The summed E-state index contributed by atoms with van der Waals surface area (Å²) in [5.41, 5.74) is 3.34. The summed E-state index contributed by atoms with van der Waals surface area (Å²) in [4.78, 5) is 12.6. The molecule has 0 unspecified atom stereocenters. The highest BCUT2D eigenvalue weighted by molar-refractivity contribution is 5.55. The quantitative estimate of drug-likeness (QED) is 0.827. The van der Waals surface area contributed by atoms with Gasteiger partial charge in [-0.05, 0) is 44.4 Å². The lowest BCUT2D eigenvalue weighted by atomic mass is 9.85. The molecular weight excluding hydrogens is 238 g/mol. The third kappa shape index (κ3) is 1.73. The van der Waals surface area contributed by atoms with Crippen LogP contribution < -0.4 is 5.56 Å². The van der Waals surface area contributed by atoms with Gasteiger partial charge in [0.05, 0.1) is 5.69 Å². The predicted molar refractivity (Wildman–Crippen MR) is 73.4 cm³/mol. The molecule has 1 fully saturated rings. The van der Waals surface area contributed by atoms with Crippen molar-refractivity contribution in [2.75, 3.05) is 0 Å². The molecule has 0 N–H and O–H groups in total. The van der Waals surface area contributed by atoms with Crippen LogP contribution in [-0.2, 0) is 19.4 Å². The lowest BCUT2D eigenvalue weighted by molar-refractivity contribution is 0.273. The molecule has 4 nitrogen and oxygen atoms in total. The highest BCUT2D eigenvalue weighted by Gasteiger charge is 2.22. The van der Waals surface area contributed by atoms with Gasteiger partial charge in [-0.2, -0.15) is 5.10 Å². The Morgan fingerprint density at radius 3 is 2.79 bits per heavy atom. The molecule has 0 aliphatic heterocycles. The summed E-state index contributed by atoms with van der Waals surface area (Å²) in [6.45, 7) is 0.884. The third-order valence-corrected chi connectivity index (χ3v) is 4.71. The van der Waals surface area contributed by atoms with Crippen LogP contribution in [0.25, 0.3) is 5.52 Å². The highest BCUT2D eigenvalue weighted by Crippen LogP contribution is 2.27. The Bertz CT molecular complexity index is 678. The SMILES string of the molecule is O=c1c2c3c(nn2ccn1CC1CCC1)CCCC3. The predicted octanol–water partition coefficient (Wildman–Crippen LogP) is 2.17. The molecule has 2 aliphatic carbocycles. The summed E-state index contributed by atoms with van der Waals surface area (Å²) in [7, 11) is 0. The summed E-state index contributed by atoms with van der Waals surface area (Å²) in [6.07, 6.45) is 12.2. The van der Waals surface area contributed by atoms with Gasteiger partial charge in [0.25, 0.3) is 5.56 Å². The van der Waals surface area contributed by atoms with Gasteiger partial charge in [0.15, 0.2) is 0 Å². The number of nitrogens with zero attached hydrogens (tertiary/aromatic N) is 3. The number of fused-ring (bicyclic) bond motifs is 3. The van der Waals surface area contributed by atoms with E-state index in [1.54, 1.807) is 4.52 Å². The normalized spacial score (nSPS) is 19.4. The van der Waals surface area contributed by atoms with E-state index in [1.165, 1.54) is 37.7 Å². The van der Waals surface area contributed by atoms with E-state index in [0.717, 1.165) is 30.6 Å². The molecule has 2 aromatic rings. The first kappa shape index (κ1) is 11.3. The van der Waals surface area contributed by atoms with E-state index in [0.29, 0.717) is 5.92 Å². The van der Waals surface area contributed by atoms with Gasteiger partial charge < -0.3 is 4.57 Å². The standard InChI is InChI=1S/C15H19N3O/c19-15-14-12-6-1-2-7-13(12)16-18(14)9-8-17(15)10-11-4-3-5-11/h8-9,11H,1-7,10H2. The molecule has 4 rings (SSSR count). The Balaban J connectivity index is 1.83. The van der Waals surface area contributed by atoms with Crippen LogP contribution in [0.5, 0.6) is 0 Å². The van der Waals surface area contributed by atoms with Crippen LogP contribution in [0, 0.1) is 5.92 Å². The van der Waals surface area contributed by atoms with Crippen LogP contribution in [0.15, 0.2) is 17.2 Å². The maximum atomic E-state index is 12.6. The van der Waals surface area contributed by atoms with Crippen LogP contribution in [0.2, 0.25) is 0 Å². The number of aromatic nitrogens is 3. The van der Waals surface area contributed by atoms with Crippen molar-refractivity contribution in [2.24, 2.45) is 5.92 Å². The smallest absolute Gasteiger partial charge is 0.276 e. The second-order valence-corrected chi connectivity index (χ2v) is 5.98. The van der Waals surface area contributed by atoms with Gasteiger partial charge in [-0.15, -0.1) is 0 Å². The largest absolute Gasteiger partial charge is 0.312 e. The first-order chi connectivity index (χ1) is 9.33. The van der Waals surface area contributed by atoms with Crippen LogP contribution in [0.1, 0.15) is 43.4 Å². The van der Waals surface area contributed by atoms with Crippen molar-refractivity contribution < 1.29 is 0 Å². The van der Waals surface area contributed by atoms with Crippen molar-refractivity contribution in [1.82, 2.24) is 14.2 Å². The molecule has 0 bridgehead atoms. The van der Waals surface area contributed by atoms with Gasteiger partial charge in [0, 0.05) is 24.5 Å². The molecule has 2 aliphatic rings. The molecule has 0 amide bonds. The summed E-state index contributed by atoms with van der Waals surface area (Å²) in [6, 6.07) is 0. The molecule has 0 saturated heterocycles. The zero-order valence-electron chi connectivity index (χ0n) is 11.1. The Morgan fingerprint density at radius 2 is 2.00 bits per heavy atom. The van der Waals surface area contributed by atoms with Crippen LogP contribution in [0.3, 0.4) is 0 Å². The minimum Gasteiger partial charge on any atom is -0.312 e. The molecule has 0 atom stereocenters. The second kappa shape index (κ2) is 4.22. The van der Waals surface area contributed by atoms with Crippen LogP contribution in [0.4, 0.5) is 0 Å². The van der Waals surface area contributed by atoms with Gasteiger partial charge in [-0.25, -0.2) is 4.52 Å². The zero-order chi connectivity index (χ0) is 12.8. The molecule has 0 aromatic carbocycles. The Hall–Kier alpha value is -1.58. The van der Waals surface area contributed by atoms with E-state index < -0.39 is 0 Å².